The van der Waals surface area contributed by atoms with Crippen LogP contribution in [0.15, 0.2) is 0 Å². The highest BCUT2D eigenvalue weighted by atomic mass is 31.2. The fraction of sp³-hybridized carbons (Fsp3) is 1.00. The Morgan fingerprint density at radius 1 is 1.10 bits per heavy atom. The van der Waals surface area contributed by atoms with Gasteiger partial charge in [-0.15, -0.1) is 17.2 Å². The summed E-state index contributed by atoms with van der Waals surface area (Å²) in [7, 11) is 3.37. The summed E-state index contributed by atoms with van der Waals surface area (Å²) in [4.78, 5) is 0.660. The molecular formula is C8H18P2. The first-order chi connectivity index (χ1) is 4.65. The largest absolute Gasteiger partial charge is 0.127 e. The zero-order chi connectivity index (χ0) is 7.61. The van der Waals surface area contributed by atoms with E-state index in [9.17, 15) is 0 Å². The van der Waals surface area contributed by atoms with E-state index in [2.05, 4.69) is 22.6 Å². The van der Waals surface area contributed by atoms with Crippen molar-refractivity contribution in [3.8, 4) is 0 Å². The maximum Gasteiger partial charge on any atom is 0.00444 e. The predicted molar refractivity (Wildman–Crippen MR) is 54.3 cm³/mol. The molecule has 0 nitrogen and oxygen atoms in total. The minimum atomic E-state index is 0.262. The molecule has 0 spiro atoms. The molecule has 2 heteroatoms. The maximum atomic E-state index is 3.11. The second-order valence-corrected chi connectivity index (χ2v) is 7.83. The summed E-state index contributed by atoms with van der Waals surface area (Å²) in [5, 5.41) is 0. The SMILES string of the molecule is CP(C)C1(P)CCCCC1. The van der Waals surface area contributed by atoms with E-state index in [0.717, 1.165) is 0 Å². The quantitative estimate of drug-likeness (QED) is 0.538. The summed E-state index contributed by atoms with van der Waals surface area (Å²) in [5.74, 6) is 0. The summed E-state index contributed by atoms with van der Waals surface area (Å²) in [6.07, 6.45) is 7.31. The van der Waals surface area contributed by atoms with E-state index >= 15 is 0 Å². The van der Waals surface area contributed by atoms with Crippen LogP contribution in [-0.4, -0.2) is 18.2 Å². The topological polar surface area (TPSA) is 0 Å². The van der Waals surface area contributed by atoms with Gasteiger partial charge in [-0.25, -0.2) is 0 Å². The molecule has 0 N–H and O–H groups in total. The lowest BCUT2D eigenvalue weighted by Crippen LogP contribution is -2.20. The predicted octanol–water partition coefficient (Wildman–Crippen LogP) is 3.26. The molecule has 0 aromatic carbocycles. The lowest BCUT2D eigenvalue weighted by Gasteiger charge is -2.37. The minimum Gasteiger partial charge on any atom is -0.127 e. The van der Waals surface area contributed by atoms with E-state index in [1.54, 1.807) is 0 Å². The molecule has 0 aromatic rings. The molecule has 0 saturated heterocycles. The Morgan fingerprint density at radius 2 is 1.60 bits per heavy atom. The summed E-state index contributed by atoms with van der Waals surface area (Å²) in [6, 6.07) is 0. The van der Waals surface area contributed by atoms with E-state index in [0.29, 0.717) is 4.90 Å². The van der Waals surface area contributed by atoms with Crippen LogP contribution >= 0.6 is 17.2 Å². The number of rotatable bonds is 1. The molecule has 60 valence electrons. The van der Waals surface area contributed by atoms with Gasteiger partial charge in [0.25, 0.3) is 0 Å². The Kier molecular flexibility index (Phi) is 3.14. The highest BCUT2D eigenvalue weighted by molar-refractivity contribution is 7.65. The third-order valence-corrected chi connectivity index (χ3v) is 6.97. The van der Waals surface area contributed by atoms with Crippen molar-refractivity contribution in [2.24, 2.45) is 0 Å². The monoisotopic (exact) mass is 176 g/mol. The van der Waals surface area contributed by atoms with E-state index in [4.69, 9.17) is 0 Å². The van der Waals surface area contributed by atoms with Crippen molar-refractivity contribution in [1.29, 1.82) is 0 Å². The molecule has 0 bridgehead atoms. The van der Waals surface area contributed by atoms with Crippen molar-refractivity contribution >= 4 is 17.2 Å². The second kappa shape index (κ2) is 3.51. The fourth-order valence-corrected chi connectivity index (χ4v) is 3.23. The van der Waals surface area contributed by atoms with Crippen LogP contribution in [0.25, 0.3) is 0 Å². The van der Waals surface area contributed by atoms with Gasteiger partial charge in [0.1, 0.15) is 0 Å². The maximum absolute atomic E-state index is 3.11. The molecule has 1 fully saturated rings. The van der Waals surface area contributed by atoms with Gasteiger partial charge < -0.3 is 0 Å². The molecule has 0 heterocycles. The molecular weight excluding hydrogens is 158 g/mol. The summed E-state index contributed by atoms with van der Waals surface area (Å²) < 4.78 is 0. The summed E-state index contributed by atoms with van der Waals surface area (Å²) in [5.41, 5.74) is 0. The Balaban J connectivity index is 2.48. The zero-order valence-corrected chi connectivity index (χ0v) is 9.11. The van der Waals surface area contributed by atoms with Crippen LogP contribution in [0.5, 0.6) is 0 Å². The Morgan fingerprint density at radius 3 is 1.90 bits per heavy atom. The van der Waals surface area contributed by atoms with Crippen molar-refractivity contribution in [2.45, 2.75) is 37.0 Å². The van der Waals surface area contributed by atoms with Gasteiger partial charge in [-0.3, -0.25) is 0 Å². The van der Waals surface area contributed by atoms with Crippen molar-refractivity contribution < 1.29 is 0 Å². The van der Waals surface area contributed by atoms with E-state index in [1.165, 1.54) is 32.1 Å². The first kappa shape index (κ1) is 8.95. The van der Waals surface area contributed by atoms with Gasteiger partial charge in [-0.2, -0.15) is 0 Å². The van der Waals surface area contributed by atoms with Gasteiger partial charge in [0, 0.05) is 4.90 Å². The van der Waals surface area contributed by atoms with Crippen LogP contribution in [0.4, 0.5) is 0 Å². The van der Waals surface area contributed by atoms with Crippen LogP contribution in [0.1, 0.15) is 32.1 Å². The van der Waals surface area contributed by atoms with Crippen LogP contribution in [0.2, 0.25) is 0 Å². The molecule has 1 atom stereocenters. The highest BCUT2D eigenvalue weighted by Crippen LogP contribution is 2.56. The zero-order valence-electron chi connectivity index (χ0n) is 7.06. The molecule has 1 aliphatic carbocycles. The lowest BCUT2D eigenvalue weighted by molar-refractivity contribution is 0.485. The molecule has 10 heavy (non-hydrogen) atoms. The van der Waals surface area contributed by atoms with E-state index in [1.807, 2.05) is 0 Å². The average Bonchev–Trinajstić information content (AvgIpc) is 1.89. The van der Waals surface area contributed by atoms with Gasteiger partial charge in [0.15, 0.2) is 0 Å². The van der Waals surface area contributed by atoms with Crippen LogP contribution in [0, 0.1) is 0 Å². The van der Waals surface area contributed by atoms with Gasteiger partial charge >= 0.3 is 0 Å². The molecule has 0 aromatic heterocycles. The van der Waals surface area contributed by atoms with Gasteiger partial charge in [-0.05, 0) is 26.2 Å². The van der Waals surface area contributed by atoms with Gasteiger partial charge in [0.2, 0.25) is 0 Å². The standard InChI is InChI=1S/C8H18P2/c1-10(2)8(9)6-4-3-5-7-8/h3-7,9H2,1-2H3. The molecule has 1 unspecified atom stereocenters. The fourth-order valence-electron chi connectivity index (χ4n) is 1.61. The smallest absolute Gasteiger partial charge is 0.00444 e. The Hall–Kier alpha value is 0.860. The summed E-state index contributed by atoms with van der Waals surface area (Å²) >= 11 is 0. The van der Waals surface area contributed by atoms with Crippen molar-refractivity contribution in [1.82, 2.24) is 0 Å². The first-order valence-electron chi connectivity index (χ1n) is 4.11. The Labute approximate surface area is 68.1 Å². The molecule has 0 aliphatic heterocycles. The van der Waals surface area contributed by atoms with Crippen LogP contribution < -0.4 is 0 Å². The van der Waals surface area contributed by atoms with Crippen molar-refractivity contribution in [3.05, 3.63) is 0 Å². The van der Waals surface area contributed by atoms with Crippen molar-refractivity contribution in [2.75, 3.05) is 13.3 Å². The van der Waals surface area contributed by atoms with Gasteiger partial charge in [0.05, 0.1) is 0 Å². The molecule has 0 radical (unpaired) electrons. The minimum absolute atomic E-state index is 0.262. The van der Waals surface area contributed by atoms with E-state index < -0.39 is 0 Å². The summed E-state index contributed by atoms with van der Waals surface area (Å²) in [6.45, 7) is 4.82. The van der Waals surface area contributed by atoms with Crippen LogP contribution in [0.3, 0.4) is 0 Å². The molecule has 1 rings (SSSR count). The van der Waals surface area contributed by atoms with E-state index in [-0.39, 0.29) is 7.92 Å². The van der Waals surface area contributed by atoms with Crippen LogP contribution in [-0.2, 0) is 0 Å². The average molecular weight is 176 g/mol. The molecule has 1 aliphatic rings. The molecule has 1 saturated carbocycles. The lowest BCUT2D eigenvalue weighted by atomic mass is 9.99. The third-order valence-electron chi connectivity index (χ3n) is 2.61. The van der Waals surface area contributed by atoms with Crippen molar-refractivity contribution in [3.63, 3.8) is 0 Å². The van der Waals surface area contributed by atoms with Gasteiger partial charge in [-0.1, -0.05) is 19.3 Å². The Bertz CT molecular complexity index is 104. The number of hydrogen-bond acceptors (Lipinski definition) is 0. The highest BCUT2D eigenvalue weighted by Gasteiger charge is 2.29. The first-order valence-corrected chi connectivity index (χ1v) is 6.93. The third kappa shape index (κ3) is 1.93. The second-order valence-electron chi connectivity index (χ2n) is 3.56. The number of hydrogen-bond donors (Lipinski definition) is 0. The normalized spacial score (nSPS) is 25.2. The molecule has 0 amide bonds.